The van der Waals surface area contributed by atoms with Crippen LogP contribution in [0.1, 0.15) is 85.5 Å². The molecule has 0 aromatic heterocycles. The van der Waals surface area contributed by atoms with Crippen LogP contribution in [0.3, 0.4) is 0 Å². The van der Waals surface area contributed by atoms with E-state index in [9.17, 15) is 4.79 Å². The number of hydrogen-bond acceptors (Lipinski definition) is 1. The molecule has 0 radical (unpaired) electrons. The molecule has 0 aliphatic heterocycles. The minimum Gasteiger partial charge on any atom is -0.481 e. The predicted octanol–water partition coefficient (Wildman–Crippen LogP) is 5.26. The van der Waals surface area contributed by atoms with E-state index in [0.29, 0.717) is 5.41 Å². The second kappa shape index (κ2) is 9.41. The average molecular weight is 256 g/mol. The lowest BCUT2D eigenvalue weighted by molar-refractivity contribution is -0.142. The van der Waals surface area contributed by atoms with Crippen molar-refractivity contribution < 1.29 is 9.90 Å². The third-order valence-corrected chi connectivity index (χ3v) is 3.48. The number of carboxylic acids is 1. The van der Waals surface area contributed by atoms with E-state index in [1.54, 1.807) is 0 Å². The fourth-order valence-corrected chi connectivity index (χ4v) is 2.24. The summed E-state index contributed by atoms with van der Waals surface area (Å²) in [5, 5.41) is 9.11. The molecule has 0 aromatic carbocycles. The van der Waals surface area contributed by atoms with Gasteiger partial charge in [0, 0.05) is 0 Å². The van der Waals surface area contributed by atoms with E-state index in [4.69, 9.17) is 5.11 Å². The van der Waals surface area contributed by atoms with Gasteiger partial charge in [0.1, 0.15) is 0 Å². The molecule has 2 heteroatoms. The summed E-state index contributed by atoms with van der Waals surface area (Å²) < 4.78 is 0. The standard InChI is InChI=1S/C16H32O2/c1-5-6-11-14(15(17)18)12-9-7-8-10-13-16(2,3)4/h14H,5-13H2,1-4H3,(H,17,18). The van der Waals surface area contributed by atoms with E-state index < -0.39 is 5.97 Å². The quantitative estimate of drug-likeness (QED) is 0.541. The molecule has 2 nitrogen and oxygen atoms in total. The molecule has 1 atom stereocenters. The Morgan fingerprint density at radius 2 is 1.56 bits per heavy atom. The van der Waals surface area contributed by atoms with Crippen molar-refractivity contribution in [1.29, 1.82) is 0 Å². The first-order chi connectivity index (χ1) is 8.37. The van der Waals surface area contributed by atoms with Crippen LogP contribution >= 0.6 is 0 Å². The van der Waals surface area contributed by atoms with Crippen molar-refractivity contribution in [3.05, 3.63) is 0 Å². The van der Waals surface area contributed by atoms with Gasteiger partial charge in [-0.1, -0.05) is 66.2 Å². The van der Waals surface area contributed by atoms with Gasteiger partial charge in [0.15, 0.2) is 0 Å². The molecule has 0 heterocycles. The van der Waals surface area contributed by atoms with Gasteiger partial charge >= 0.3 is 5.97 Å². The van der Waals surface area contributed by atoms with Crippen molar-refractivity contribution in [3.63, 3.8) is 0 Å². The lowest BCUT2D eigenvalue weighted by Crippen LogP contribution is -2.13. The zero-order valence-electron chi connectivity index (χ0n) is 12.8. The minimum atomic E-state index is -0.599. The summed E-state index contributed by atoms with van der Waals surface area (Å²) in [4.78, 5) is 11.1. The smallest absolute Gasteiger partial charge is 0.306 e. The van der Waals surface area contributed by atoms with E-state index in [1.807, 2.05) is 0 Å². The van der Waals surface area contributed by atoms with Gasteiger partial charge in [-0.3, -0.25) is 4.79 Å². The Kier molecular flexibility index (Phi) is 9.13. The maximum absolute atomic E-state index is 11.1. The lowest BCUT2D eigenvalue weighted by Gasteiger charge is -2.17. The molecule has 0 aliphatic carbocycles. The Balaban J connectivity index is 3.58. The second-order valence-electron chi connectivity index (χ2n) is 6.69. The molecule has 108 valence electrons. The van der Waals surface area contributed by atoms with E-state index in [1.165, 1.54) is 25.7 Å². The number of aliphatic carboxylic acids is 1. The van der Waals surface area contributed by atoms with Gasteiger partial charge in [0.25, 0.3) is 0 Å². The SMILES string of the molecule is CCCCC(CCCCCCC(C)(C)C)C(=O)O. The molecule has 1 N–H and O–H groups in total. The highest BCUT2D eigenvalue weighted by atomic mass is 16.4. The molecular formula is C16H32O2. The number of carbonyl (C=O) groups is 1. The molecule has 0 saturated carbocycles. The summed E-state index contributed by atoms with van der Waals surface area (Å²) in [6.07, 6.45) is 9.91. The first-order valence-corrected chi connectivity index (χ1v) is 7.59. The number of rotatable bonds is 10. The van der Waals surface area contributed by atoms with Crippen LogP contribution in [0.2, 0.25) is 0 Å². The second-order valence-corrected chi connectivity index (χ2v) is 6.69. The Morgan fingerprint density at radius 1 is 1.00 bits per heavy atom. The first-order valence-electron chi connectivity index (χ1n) is 7.59. The Labute approximate surface area is 113 Å². The summed E-state index contributed by atoms with van der Waals surface area (Å²) in [7, 11) is 0. The summed E-state index contributed by atoms with van der Waals surface area (Å²) in [6, 6.07) is 0. The average Bonchev–Trinajstić information content (AvgIpc) is 2.25. The topological polar surface area (TPSA) is 37.3 Å². The van der Waals surface area contributed by atoms with Gasteiger partial charge in [-0.15, -0.1) is 0 Å². The highest BCUT2D eigenvalue weighted by Crippen LogP contribution is 2.23. The van der Waals surface area contributed by atoms with Crippen LogP contribution in [0.25, 0.3) is 0 Å². The van der Waals surface area contributed by atoms with Crippen molar-refractivity contribution in [3.8, 4) is 0 Å². The summed E-state index contributed by atoms with van der Waals surface area (Å²) in [5.74, 6) is -0.703. The molecule has 0 bridgehead atoms. The van der Waals surface area contributed by atoms with Crippen molar-refractivity contribution in [2.24, 2.45) is 11.3 Å². The zero-order chi connectivity index (χ0) is 14.0. The van der Waals surface area contributed by atoms with E-state index in [-0.39, 0.29) is 5.92 Å². The normalized spacial score (nSPS) is 13.6. The predicted molar refractivity (Wildman–Crippen MR) is 77.8 cm³/mol. The molecule has 0 amide bonds. The van der Waals surface area contributed by atoms with Crippen LogP contribution in [0, 0.1) is 11.3 Å². The van der Waals surface area contributed by atoms with Gasteiger partial charge in [-0.2, -0.15) is 0 Å². The van der Waals surface area contributed by atoms with Gasteiger partial charge in [-0.05, 0) is 24.7 Å². The first kappa shape index (κ1) is 17.5. The summed E-state index contributed by atoms with van der Waals surface area (Å²) in [6.45, 7) is 8.94. The molecule has 0 aromatic rings. The molecular weight excluding hydrogens is 224 g/mol. The summed E-state index contributed by atoms with van der Waals surface area (Å²) in [5.41, 5.74) is 0.435. The van der Waals surface area contributed by atoms with Crippen molar-refractivity contribution in [2.45, 2.75) is 85.5 Å². The van der Waals surface area contributed by atoms with Crippen LogP contribution in [0.15, 0.2) is 0 Å². The van der Waals surface area contributed by atoms with Gasteiger partial charge < -0.3 is 5.11 Å². The van der Waals surface area contributed by atoms with Crippen LogP contribution in [-0.4, -0.2) is 11.1 Å². The van der Waals surface area contributed by atoms with Crippen LogP contribution in [0.5, 0.6) is 0 Å². The molecule has 18 heavy (non-hydrogen) atoms. The van der Waals surface area contributed by atoms with Crippen molar-refractivity contribution >= 4 is 5.97 Å². The van der Waals surface area contributed by atoms with Crippen molar-refractivity contribution in [2.75, 3.05) is 0 Å². The van der Waals surface area contributed by atoms with Gasteiger partial charge in [-0.25, -0.2) is 0 Å². The molecule has 0 saturated heterocycles. The highest BCUT2D eigenvalue weighted by molar-refractivity contribution is 5.69. The Hall–Kier alpha value is -0.530. The fourth-order valence-electron chi connectivity index (χ4n) is 2.24. The van der Waals surface area contributed by atoms with Crippen LogP contribution < -0.4 is 0 Å². The number of hydrogen-bond donors (Lipinski definition) is 1. The van der Waals surface area contributed by atoms with E-state index >= 15 is 0 Å². The maximum atomic E-state index is 11.1. The van der Waals surface area contributed by atoms with Gasteiger partial charge in [0.2, 0.25) is 0 Å². The maximum Gasteiger partial charge on any atom is 0.306 e. The zero-order valence-corrected chi connectivity index (χ0v) is 12.8. The third-order valence-electron chi connectivity index (χ3n) is 3.48. The largest absolute Gasteiger partial charge is 0.481 e. The third kappa shape index (κ3) is 10.6. The minimum absolute atomic E-state index is 0.104. The lowest BCUT2D eigenvalue weighted by atomic mass is 9.89. The van der Waals surface area contributed by atoms with E-state index in [0.717, 1.165) is 32.1 Å². The van der Waals surface area contributed by atoms with Crippen LogP contribution in [0.4, 0.5) is 0 Å². The Bertz CT molecular complexity index is 216. The number of carboxylic acid groups (broad SMARTS) is 1. The fraction of sp³-hybridized carbons (Fsp3) is 0.938. The van der Waals surface area contributed by atoms with E-state index in [2.05, 4.69) is 27.7 Å². The van der Waals surface area contributed by atoms with Gasteiger partial charge in [0.05, 0.1) is 5.92 Å². The molecule has 0 fully saturated rings. The molecule has 0 rings (SSSR count). The highest BCUT2D eigenvalue weighted by Gasteiger charge is 2.16. The van der Waals surface area contributed by atoms with Crippen LogP contribution in [-0.2, 0) is 4.79 Å². The van der Waals surface area contributed by atoms with Crippen molar-refractivity contribution in [1.82, 2.24) is 0 Å². The molecule has 1 unspecified atom stereocenters. The summed E-state index contributed by atoms with van der Waals surface area (Å²) >= 11 is 0. The molecule has 0 spiro atoms. The molecule has 0 aliphatic rings. The Morgan fingerprint density at radius 3 is 2.06 bits per heavy atom. The monoisotopic (exact) mass is 256 g/mol. The number of unbranched alkanes of at least 4 members (excludes halogenated alkanes) is 4.